The fourth-order valence-corrected chi connectivity index (χ4v) is 0.439. The summed E-state index contributed by atoms with van der Waals surface area (Å²) < 4.78 is 4.68. The molecule has 6 heteroatoms. The van der Waals surface area contributed by atoms with Gasteiger partial charge >= 0.3 is 12.1 Å². The number of carbonyl (C=O) groups is 1. The van der Waals surface area contributed by atoms with Crippen molar-refractivity contribution in [1.29, 1.82) is 0 Å². The monoisotopic (exact) mass is 143 g/mol. The van der Waals surface area contributed by atoms with Gasteiger partial charge in [0, 0.05) is 6.92 Å². The molecule has 0 spiro atoms. The van der Waals surface area contributed by atoms with E-state index in [1.807, 2.05) is 5.32 Å². The third-order valence-electron chi connectivity index (χ3n) is 0.740. The Kier molecular flexibility index (Phi) is 1.53. The Hall–Kier alpha value is -1.59. The number of aromatic nitrogens is 2. The number of aryl methyl sites for hydroxylation is 1. The van der Waals surface area contributed by atoms with Crippen LogP contribution in [0, 0.1) is 6.92 Å². The minimum atomic E-state index is -1.22. The van der Waals surface area contributed by atoms with Gasteiger partial charge < -0.3 is 9.52 Å². The average Bonchev–Trinajstić information content (AvgIpc) is 2.13. The molecule has 1 aromatic rings. The lowest BCUT2D eigenvalue weighted by Crippen LogP contribution is -2.07. The van der Waals surface area contributed by atoms with Crippen molar-refractivity contribution in [2.24, 2.45) is 0 Å². The predicted molar refractivity (Wildman–Crippen MR) is 30.7 cm³/mol. The second kappa shape index (κ2) is 2.34. The van der Waals surface area contributed by atoms with Crippen molar-refractivity contribution in [3.63, 3.8) is 0 Å². The van der Waals surface area contributed by atoms with Crippen molar-refractivity contribution in [3.05, 3.63) is 5.89 Å². The molecule has 1 rings (SSSR count). The topological polar surface area (TPSA) is 88.2 Å². The van der Waals surface area contributed by atoms with Gasteiger partial charge in [0.15, 0.2) is 0 Å². The molecule has 1 heterocycles. The summed E-state index contributed by atoms with van der Waals surface area (Å²) in [6.45, 7) is 1.57. The van der Waals surface area contributed by atoms with Crippen LogP contribution in [0.25, 0.3) is 0 Å². The molecule has 0 atom stereocenters. The van der Waals surface area contributed by atoms with Crippen LogP contribution in [0.4, 0.5) is 10.8 Å². The zero-order valence-electron chi connectivity index (χ0n) is 5.16. The molecule has 0 aliphatic carbocycles. The molecule has 2 N–H and O–H groups in total. The molecule has 0 bridgehead atoms. The predicted octanol–water partition coefficient (Wildman–Crippen LogP) is 0.468. The van der Waals surface area contributed by atoms with Gasteiger partial charge in [0.1, 0.15) is 0 Å². The van der Waals surface area contributed by atoms with E-state index in [0.717, 1.165) is 0 Å². The van der Waals surface area contributed by atoms with Gasteiger partial charge in [-0.05, 0) is 0 Å². The van der Waals surface area contributed by atoms with E-state index >= 15 is 0 Å². The molecule has 0 saturated carbocycles. The number of anilines is 1. The molecular weight excluding hydrogens is 138 g/mol. The van der Waals surface area contributed by atoms with Crippen molar-refractivity contribution < 1.29 is 14.3 Å². The fourth-order valence-electron chi connectivity index (χ4n) is 0.439. The molecular formula is C4H5N3O3. The number of hydrogen-bond donors (Lipinski definition) is 2. The molecule has 0 aromatic carbocycles. The first-order valence-corrected chi connectivity index (χ1v) is 2.48. The van der Waals surface area contributed by atoms with Gasteiger partial charge in [0.25, 0.3) is 0 Å². The highest BCUT2D eigenvalue weighted by molar-refractivity contribution is 5.79. The maximum atomic E-state index is 9.94. The van der Waals surface area contributed by atoms with Crippen LogP contribution in [0.5, 0.6) is 0 Å². The molecule has 0 aliphatic rings. The number of hydrogen-bond acceptors (Lipinski definition) is 4. The SMILES string of the molecule is Cc1nnc(NC(=O)O)o1. The molecule has 0 radical (unpaired) electrons. The molecule has 1 amide bonds. The molecule has 0 saturated heterocycles. The summed E-state index contributed by atoms with van der Waals surface area (Å²) in [6, 6.07) is -0.106. The first kappa shape index (κ1) is 6.53. The van der Waals surface area contributed by atoms with Crippen LogP contribution in [-0.2, 0) is 0 Å². The summed E-state index contributed by atoms with van der Waals surface area (Å²) in [4.78, 5) is 9.94. The zero-order chi connectivity index (χ0) is 7.56. The van der Waals surface area contributed by atoms with E-state index in [2.05, 4.69) is 14.6 Å². The molecule has 0 aliphatic heterocycles. The van der Waals surface area contributed by atoms with Crippen molar-refractivity contribution in [2.75, 3.05) is 5.32 Å². The van der Waals surface area contributed by atoms with Crippen molar-refractivity contribution in [3.8, 4) is 0 Å². The van der Waals surface area contributed by atoms with Gasteiger partial charge in [0.2, 0.25) is 5.89 Å². The van der Waals surface area contributed by atoms with E-state index in [0.29, 0.717) is 5.89 Å². The van der Waals surface area contributed by atoms with E-state index in [9.17, 15) is 4.79 Å². The molecule has 0 fully saturated rings. The van der Waals surface area contributed by atoms with Gasteiger partial charge in [-0.25, -0.2) is 10.1 Å². The molecule has 0 unspecified atom stereocenters. The van der Waals surface area contributed by atoms with Gasteiger partial charge in [-0.3, -0.25) is 0 Å². The Morgan fingerprint density at radius 3 is 2.80 bits per heavy atom. The van der Waals surface area contributed by atoms with E-state index in [4.69, 9.17) is 5.11 Å². The Bertz CT molecular complexity index is 244. The van der Waals surface area contributed by atoms with Crippen LogP contribution in [0.15, 0.2) is 4.42 Å². The maximum Gasteiger partial charge on any atom is 0.412 e. The van der Waals surface area contributed by atoms with Gasteiger partial charge in [-0.2, -0.15) is 0 Å². The minimum absolute atomic E-state index is 0.106. The van der Waals surface area contributed by atoms with Crippen LogP contribution in [0.3, 0.4) is 0 Å². The normalized spacial score (nSPS) is 9.30. The van der Waals surface area contributed by atoms with Gasteiger partial charge in [0.05, 0.1) is 0 Å². The van der Waals surface area contributed by atoms with Crippen LogP contribution in [-0.4, -0.2) is 21.4 Å². The standard InChI is InChI=1S/C4H5N3O3/c1-2-6-7-3(10-2)5-4(8)9/h1H3,(H,5,7)(H,8,9). The maximum absolute atomic E-state index is 9.94. The van der Waals surface area contributed by atoms with E-state index in [1.54, 1.807) is 6.92 Å². The van der Waals surface area contributed by atoms with Gasteiger partial charge in [-0.1, -0.05) is 5.10 Å². The van der Waals surface area contributed by atoms with Crippen LogP contribution in [0.1, 0.15) is 5.89 Å². The minimum Gasteiger partial charge on any atom is -0.465 e. The smallest absolute Gasteiger partial charge is 0.412 e. The third kappa shape index (κ3) is 1.44. The first-order chi connectivity index (χ1) is 4.68. The van der Waals surface area contributed by atoms with E-state index in [1.165, 1.54) is 0 Å². The highest BCUT2D eigenvalue weighted by Gasteiger charge is 2.03. The zero-order valence-corrected chi connectivity index (χ0v) is 5.16. The van der Waals surface area contributed by atoms with Crippen LogP contribution >= 0.6 is 0 Å². The lowest BCUT2D eigenvalue weighted by Gasteiger charge is -1.87. The lowest BCUT2D eigenvalue weighted by molar-refractivity contribution is 0.209. The Morgan fingerprint density at radius 1 is 1.70 bits per heavy atom. The van der Waals surface area contributed by atoms with Crippen molar-refractivity contribution >= 4 is 12.1 Å². The highest BCUT2D eigenvalue weighted by atomic mass is 16.4. The fraction of sp³-hybridized carbons (Fsp3) is 0.250. The summed E-state index contributed by atoms with van der Waals surface area (Å²) in [5.74, 6) is 0.323. The average molecular weight is 143 g/mol. The summed E-state index contributed by atoms with van der Waals surface area (Å²) in [7, 11) is 0. The second-order valence-corrected chi connectivity index (χ2v) is 1.56. The summed E-state index contributed by atoms with van der Waals surface area (Å²) >= 11 is 0. The number of carboxylic acid groups (broad SMARTS) is 1. The lowest BCUT2D eigenvalue weighted by atomic mass is 10.8. The molecule has 1 aromatic heterocycles. The highest BCUT2D eigenvalue weighted by Crippen LogP contribution is 2.02. The van der Waals surface area contributed by atoms with Gasteiger partial charge in [-0.15, -0.1) is 5.10 Å². The number of nitrogens with zero attached hydrogens (tertiary/aromatic N) is 2. The van der Waals surface area contributed by atoms with E-state index < -0.39 is 6.09 Å². The molecule has 54 valence electrons. The van der Waals surface area contributed by atoms with Crippen LogP contribution in [0.2, 0.25) is 0 Å². The Balaban J connectivity index is 2.67. The Labute approximate surface area is 55.9 Å². The molecule has 6 nitrogen and oxygen atoms in total. The van der Waals surface area contributed by atoms with Crippen molar-refractivity contribution in [2.45, 2.75) is 6.92 Å². The summed E-state index contributed by atoms with van der Waals surface area (Å²) in [5, 5.41) is 16.8. The third-order valence-corrected chi connectivity index (χ3v) is 0.740. The molecule has 10 heavy (non-hydrogen) atoms. The largest absolute Gasteiger partial charge is 0.465 e. The number of rotatable bonds is 1. The second-order valence-electron chi connectivity index (χ2n) is 1.56. The van der Waals surface area contributed by atoms with E-state index in [-0.39, 0.29) is 6.01 Å². The number of nitrogens with one attached hydrogen (secondary N) is 1. The Morgan fingerprint density at radius 2 is 2.40 bits per heavy atom. The quantitative estimate of drug-likeness (QED) is 0.596. The summed E-state index contributed by atoms with van der Waals surface area (Å²) in [5.41, 5.74) is 0. The van der Waals surface area contributed by atoms with Crippen molar-refractivity contribution in [1.82, 2.24) is 10.2 Å². The first-order valence-electron chi connectivity index (χ1n) is 2.48. The number of amides is 1. The summed E-state index contributed by atoms with van der Waals surface area (Å²) in [6.07, 6.45) is -1.22. The van der Waals surface area contributed by atoms with Crippen LogP contribution < -0.4 is 5.32 Å².